The Hall–Kier alpha value is -3.72. The van der Waals surface area contributed by atoms with Crippen molar-refractivity contribution in [1.29, 1.82) is 0 Å². The van der Waals surface area contributed by atoms with Crippen LogP contribution in [0.4, 0.5) is 17.1 Å². The van der Waals surface area contributed by atoms with Crippen molar-refractivity contribution in [3.05, 3.63) is 103 Å². The van der Waals surface area contributed by atoms with Crippen molar-refractivity contribution in [3.63, 3.8) is 0 Å². The van der Waals surface area contributed by atoms with E-state index in [-0.39, 0.29) is 5.54 Å². The van der Waals surface area contributed by atoms with Gasteiger partial charge in [0.2, 0.25) is 0 Å². The lowest BCUT2D eigenvalue weighted by molar-refractivity contribution is 0.340. The van der Waals surface area contributed by atoms with Crippen LogP contribution in [-0.2, 0) is 0 Å². The van der Waals surface area contributed by atoms with Gasteiger partial charge in [0.25, 0.3) is 0 Å². The molecule has 1 heterocycles. The van der Waals surface area contributed by atoms with Crippen molar-refractivity contribution in [2.75, 3.05) is 17.2 Å². The second-order valence-electron chi connectivity index (χ2n) is 8.83. The van der Waals surface area contributed by atoms with Gasteiger partial charge in [-0.15, -0.1) is 0 Å². The second-order valence-corrected chi connectivity index (χ2v) is 8.83. The molecule has 33 heavy (non-hydrogen) atoms. The van der Waals surface area contributed by atoms with Crippen molar-refractivity contribution in [1.82, 2.24) is 0 Å². The fourth-order valence-electron chi connectivity index (χ4n) is 4.23. The summed E-state index contributed by atoms with van der Waals surface area (Å²) in [5, 5.41) is 9.46. The lowest BCUT2D eigenvalue weighted by Crippen LogP contribution is -2.31. The highest BCUT2D eigenvalue weighted by Gasteiger charge is 2.22. The predicted molar refractivity (Wildman–Crippen MR) is 143 cm³/mol. The molecule has 1 aliphatic heterocycles. The number of para-hydroxylation sites is 1. The van der Waals surface area contributed by atoms with E-state index in [0.29, 0.717) is 6.61 Å². The van der Waals surface area contributed by atoms with Gasteiger partial charge >= 0.3 is 0 Å². The molecule has 0 saturated heterocycles. The van der Waals surface area contributed by atoms with E-state index in [1.54, 1.807) is 0 Å². The van der Waals surface area contributed by atoms with Gasteiger partial charge in [0.1, 0.15) is 5.75 Å². The summed E-state index contributed by atoms with van der Waals surface area (Å²) in [4.78, 5) is 0. The van der Waals surface area contributed by atoms with E-state index in [1.807, 2.05) is 31.2 Å². The highest BCUT2D eigenvalue weighted by molar-refractivity contribution is 5.95. The van der Waals surface area contributed by atoms with Crippen LogP contribution in [-0.4, -0.2) is 12.1 Å². The first-order valence-corrected chi connectivity index (χ1v) is 11.5. The zero-order valence-electron chi connectivity index (χ0n) is 19.9. The molecule has 5 rings (SSSR count). The van der Waals surface area contributed by atoms with E-state index < -0.39 is 0 Å². The molecule has 0 atom stereocenters. The first-order valence-electron chi connectivity index (χ1n) is 11.5. The van der Waals surface area contributed by atoms with Crippen LogP contribution in [0.3, 0.4) is 0 Å². The maximum Gasteiger partial charge on any atom is 0.120 e. The van der Waals surface area contributed by atoms with E-state index in [0.717, 1.165) is 17.1 Å². The summed E-state index contributed by atoms with van der Waals surface area (Å²) in [7, 11) is 0. The molecular formula is C30H32N2O. The molecule has 0 saturated carbocycles. The largest absolute Gasteiger partial charge is 0.494 e. The van der Waals surface area contributed by atoms with E-state index in [1.165, 1.54) is 27.6 Å². The molecule has 0 aliphatic carbocycles. The first kappa shape index (κ1) is 22.5. The molecule has 4 aromatic rings. The number of fused-ring (bicyclic) bond motifs is 2. The Morgan fingerprint density at radius 3 is 2.36 bits per heavy atom. The Labute approximate surface area is 197 Å². The molecule has 0 unspecified atom stereocenters. The summed E-state index contributed by atoms with van der Waals surface area (Å²) >= 11 is 0. The molecule has 0 spiro atoms. The third-order valence-electron chi connectivity index (χ3n) is 5.60. The van der Waals surface area contributed by atoms with Gasteiger partial charge in [-0.2, -0.15) is 0 Å². The number of nitrogens with one attached hydrogen (secondary N) is 2. The fourth-order valence-corrected chi connectivity index (χ4v) is 4.23. The summed E-state index contributed by atoms with van der Waals surface area (Å²) in [5.74, 6) is 0.940. The maximum atomic E-state index is 5.52. The van der Waals surface area contributed by atoms with Crippen LogP contribution in [0.15, 0.2) is 97.1 Å². The molecule has 1 aliphatic rings. The van der Waals surface area contributed by atoms with E-state index in [4.69, 9.17) is 4.74 Å². The molecule has 0 aromatic heterocycles. The average Bonchev–Trinajstić information content (AvgIpc) is 2.81. The highest BCUT2D eigenvalue weighted by atomic mass is 16.5. The molecule has 0 amide bonds. The zero-order chi connectivity index (χ0) is 23.3. The minimum Gasteiger partial charge on any atom is -0.494 e. The van der Waals surface area contributed by atoms with Crippen LogP contribution in [0.2, 0.25) is 0 Å². The number of rotatable bonds is 4. The Bertz CT molecular complexity index is 1250. The van der Waals surface area contributed by atoms with Gasteiger partial charge in [-0.3, -0.25) is 0 Å². The molecule has 2 N–H and O–H groups in total. The Morgan fingerprint density at radius 1 is 0.848 bits per heavy atom. The highest BCUT2D eigenvalue weighted by Crippen LogP contribution is 2.35. The van der Waals surface area contributed by atoms with E-state index >= 15 is 0 Å². The topological polar surface area (TPSA) is 33.3 Å². The standard InChI is InChI=1S/C16H13N.C14H19NO/c1-2-9-14(10-3-1)17-16-12-6-8-13-7-4-5-11-15(13)16;1-5-16-11-6-7-13-12(8-11)10(2)9-14(3,4)15-13/h1-12,17H;6-9,15H,5H2,1-4H3. The van der Waals surface area contributed by atoms with Crippen LogP contribution in [0.1, 0.15) is 33.3 Å². The minimum absolute atomic E-state index is 0.0320. The van der Waals surface area contributed by atoms with Crippen LogP contribution in [0.5, 0.6) is 5.75 Å². The summed E-state index contributed by atoms with van der Waals surface area (Å²) < 4.78 is 5.52. The SMILES string of the molecule is CCOc1ccc2c(c1)C(C)=CC(C)(C)N2.c1ccc(Nc2cccc3ccccc23)cc1. The Kier molecular flexibility index (Phi) is 6.69. The Morgan fingerprint density at radius 2 is 1.58 bits per heavy atom. The normalized spacial score (nSPS) is 13.6. The second kappa shape index (κ2) is 9.83. The van der Waals surface area contributed by atoms with Crippen molar-refractivity contribution in [3.8, 4) is 5.75 Å². The van der Waals surface area contributed by atoms with Crippen LogP contribution >= 0.6 is 0 Å². The van der Waals surface area contributed by atoms with Crippen molar-refractivity contribution in [2.45, 2.75) is 33.2 Å². The molecule has 3 nitrogen and oxygen atoms in total. The van der Waals surface area contributed by atoms with Gasteiger partial charge in [-0.25, -0.2) is 0 Å². The van der Waals surface area contributed by atoms with Gasteiger partial charge in [-0.05, 0) is 75.1 Å². The van der Waals surface area contributed by atoms with Crippen LogP contribution in [0.25, 0.3) is 16.3 Å². The molecule has 0 radical (unpaired) electrons. The quantitative estimate of drug-likeness (QED) is 0.338. The predicted octanol–water partition coefficient (Wildman–Crippen LogP) is 8.28. The number of hydrogen-bond acceptors (Lipinski definition) is 3. The van der Waals surface area contributed by atoms with Crippen molar-refractivity contribution in [2.24, 2.45) is 0 Å². The smallest absolute Gasteiger partial charge is 0.120 e. The number of hydrogen-bond donors (Lipinski definition) is 2. The average molecular weight is 437 g/mol. The lowest BCUT2D eigenvalue weighted by Gasteiger charge is -2.31. The summed E-state index contributed by atoms with van der Waals surface area (Å²) in [5.41, 5.74) is 6.03. The van der Waals surface area contributed by atoms with Crippen LogP contribution < -0.4 is 15.4 Å². The number of allylic oxidation sites excluding steroid dienone is 1. The third kappa shape index (κ3) is 5.56. The van der Waals surface area contributed by atoms with E-state index in [9.17, 15) is 0 Å². The Balaban J connectivity index is 0.000000157. The molecular weight excluding hydrogens is 404 g/mol. The van der Waals surface area contributed by atoms with Gasteiger partial charge < -0.3 is 15.4 Å². The molecule has 0 bridgehead atoms. The third-order valence-corrected chi connectivity index (χ3v) is 5.60. The monoisotopic (exact) mass is 436 g/mol. The van der Waals surface area contributed by atoms with Gasteiger partial charge in [0.15, 0.2) is 0 Å². The van der Waals surface area contributed by atoms with E-state index in [2.05, 4.69) is 104 Å². The molecule has 168 valence electrons. The van der Waals surface area contributed by atoms with Gasteiger partial charge in [0, 0.05) is 28.0 Å². The number of anilines is 3. The minimum atomic E-state index is 0.0320. The molecule has 0 fully saturated rings. The summed E-state index contributed by atoms with van der Waals surface area (Å²) in [6, 6.07) is 31.2. The number of benzene rings is 4. The van der Waals surface area contributed by atoms with Crippen LogP contribution in [0, 0.1) is 0 Å². The molecule has 4 aromatic carbocycles. The van der Waals surface area contributed by atoms with Crippen molar-refractivity contribution >= 4 is 33.4 Å². The molecule has 3 heteroatoms. The number of ether oxygens (including phenoxy) is 1. The van der Waals surface area contributed by atoms with Gasteiger partial charge in [0.05, 0.1) is 12.1 Å². The fraction of sp³-hybridized carbons (Fsp3) is 0.200. The maximum absolute atomic E-state index is 5.52. The first-order chi connectivity index (χ1) is 15.9. The summed E-state index contributed by atoms with van der Waals surface area (Å²) in [6.07, 6.45) is 2.26. The summed E-state index contributed by atoms with van der Waals surface area (Å²) in [6.45, 7) is 9.22. The lowest BCUT2D eigenvalue weighted by atomic mass is 9.91. The zero-order valence-corrected chi connectivity index (χ0v) is 19.9. The van der Waals surface area contributed by atoms with Gasteiger partial charge in [-0.1, -0.05) is 60.7 Å². The van der Waals surface area contributed by atoms with Crippen molar-refractivity contribution < 1.29 is 4.74 Å².